The van der Waals surface area contributed by atoms with Crippen LogP contribution < -0.4 is 16.0 Å². The number of nitrogens with one attached hydrogen (secondary N) is 3. The molecule has 1 aliphatic heterocycles. The number of rotatable bonds is 4. The predicted molar refractivity (Wildman–Crippen MR) is 74.1 cm³/mol. The molecule has 5 heteroatoms. The van der Waals surface area contributed by atoms with Gasteiger partial charge in [0, 0.05) is 17.8 Å². The van der Waals surface area contributed by atoms with E-state index in [1.165, 1.54) is 0 Å². The minimum atomic E-state index is -0.0992. The van der Waals surface area contributed by atoms with Gasteiger partial charge < -0.3 is 16.0 Å². The highest BCUT2D eigenvalue weighted by Gasteiger charge is 2.21. The Balaban J connectivity index is 1.94. The average molecular weight is 261 g/mol. The van der Waals surface area contributed by atoms with Crippen LogP contribution in [-0.4, -0.2) is 30.9 Å². The first kappa shape index (κ1) is 13.5. The SMILES string of the molecule is CCNC(=O)c1ccc(NC(=O)[C@H]2CCCN2)cc1. The van der Waals surface area contributed by atoms with Crippen molar-refractivity contribution in [2.45, 2.75) is 25.8 Å². The smallest absolute Gasteiger partial charge is 0.251 e. The van der Waals surface area contributed by atoms with Crippen molar-refractivity contribution in [1.82, 2.24) is 10.6 Å². The van der Waals surface area contributed by atoms with Crippen LogP contribution in [0.5, 0.6) is 0 Å². The highest BCUT2D eigenvalue weighted by atomic mass is 16.2. The second kappa shape index (κ2) is 6.33. The van der Waals surface area contributed by atoms with Crippen molar-refractivity contribution in [3.63, 3.8) is 0 Å². The van der Waals surface area contributed by atoms with Crippen molar-refractivity contribution in [3.8, 4) is 0 Å². The van der Waals surface area contributed by atoms with Crippen LogP contribution in [0.25, 0.3) is 0 Å². The molecule has 1 aromatic carbocycles. The third-order valence-corrected chi connectivity index (χ3v) is 3.13. The highest BCUT2D eigenvalue weighted by Crippen LogP contribution is 2.12. The molecule has 1 fully saturated rings. The molecule has 1 aliphatic rings. The summed E-state index contributed by atoms with van der Waals surface area (Å²) < 4.78 is 0. The van der Waals surface area contributed by atoms with Crippen LogP contribution in [0, 0.1) is 0 Å². The lowest BCUT2D eigenvalue weighted by Gasteiger charge is -2.11. The van der Waals surface area contributed by atoms with Crippen LogP contribution in [0.15, 0.2) is 24.3 Å². The van der Waals surface area contributed by atoms with Gasteiger partial charge >= 0.3 is 0 Å². The van der Waals surface area contributed by atoms with Gasteiger partial charge in [-0.25, -0.2) is 0 Å². The van der Waals surface area contributed by atoms with Crippen LogP contribution in [0.4, 0.5) is 5.69 Å². The van der Waals surface area contributed by atoms with E-state index in [2.05, 4.69) is 16.0 Å². The van der Waals surface area contributed by atoms with E-state index in [0.717, 1.165) is 19.4 Å². The van der Waals surface area contributed by atoms with E-state index in [1.807, 2.05) is 6.92 Å². The molecular formula is C14H19N3O2. The molecule has 102 valence electrons. The maximum atomic E-state index is 11.9. The molecule has 0 spiro atoms. The van der Waals surface area contributed by atoms with Gasteiger partial charge in [-0.15, -0.1) is 0 Å². The topological polar surface area (TPSA) is 70.2 Å². The standard InChI is InChI=1S/C14H19N3O2/c1-2-15-13(18)10-5-7-11(8-6-10)17-14(19)12-4-3-9-16-12/h5-8,12,16H,2-4,9H2,1H3,(H,15,18)(H,17,19)/t12-/m1/s1. The van der Waals surface area contributed by atoms with Crippen LogP contribution >= 0.6 is 0 Å². The summed E-state index contributed by atoms with van der Waals surface area (Å²) in [5, 5.41) is 8.73. The molecule has 0 radical (unpaired) electrons. The Labute approximate surface area is 112 Å². The summed E-state index contributed by atoms with van der Waals surface area (Å²) in [6.07, 6.45) is 1.91. The van der Waals surface area contributed by atoms with Crippen molar-refractivity contribution >= 4 is 17.5 Å². The number of hydrogen-bond donors (Lipinski definition) is 3. The Morgan fingerprint density at radius 1 is 1.32 bits per heavy atom. The van der Waals surface area contributed by atoms with Gasteiger partial charge in [0.15, 0.2) is 0 Å². The molecule has 0 aliphatic carbocycles. The summed E-state index contributed by atoms with van der Waals surface area (Å²) in [5.74, 6) is -0.110. The maximum Gasteiger partial charge on any atom is 0.251 e. The van der Waals surface area contributed by atoms with Gasteiger partial charge in [0.2, 0.25) is 5.91 Å². The summed E-state index contributed by atoms with van der Waals surface area (Å²) in [5.41, 5.74) is 1.31. The van der Waals surface area contributed by atoms with E-state index in [4.69, 9.17) is 0 Å². The van der Waals surface area contributed by atoms with Crippen LogP contribution in [0.3, 0.4) is 0 Å². The number of hydrogen-bond acceptors (Lipinski definition) is 3. The van der Waals surface area contributed by atoms with E-state index >= 15 is 0 Å². The minimum Gasteiger partial charge on any atom is -0.352 e. The van der Waals surface area contributed by atoms with Gasteiger partial charge in [-0.1, -0.05) is 0 Å². The number of anilines is 1. The minimum absolute atomic E-state index is 0.0109. The fraction of sp³-hybridized carbons (Fsp3) is 0.429. The highest BCUT2D eigenvalue weighted by molar-refractivity contribution is 5.97. The van der Waals surface area contributed by atoms with Crippen LogP contribution in [-0.2, 0) is 4.79 Å². The van der Waals surface area contributed by atoms with E-state index in [0.29, 0.717) is 17.8 Å². The van der Waals surface area contributed by atoms with E-state index in [-0.39, 0.29) is 17.9 Å². The maximum absolute atomic E-state index is 11.9. The molecule has 1 aromatic rings. The van der Waals surface area contributed by atoms with E-state index in [9.17, 15) is 9.59 Å². The number of carbonyl (C=O) groups excluding carboxylic acids is 2. The lowest BCUT2D eigenvalue weighted by atomic mass is 10.1. The zero-order valence-electron chi connectivity index (χ0n) is 11.0. The molecule has 0 bridgehead atoms. The first-order chi connectivity index (χ1) is 9.20. The summed E-state index contributed by atoms with van der Waals surface area (Å²) in [6, 6.07) is 6.82. The zero-order chi connectivity index (χ0) is 13.7. The van der Waals surface area contributed by atoms with E-state index in [1.54, 1.807) is 24.3 Å². The van der Waals surface area contributed by atoms with Crippen molar-refractivity contribution in [2.24, 2.45) is 0 Å². The second-order valence-electron chi connectivity index (χ2n) is 4.57. The largest absolute Gasteiger partial charge is 0.352 e. The lowest BCUT2D eigenvalue weighted by molar-refractivity contribution is -0.117. The Bertz CT molecular complexity index is 450. The molecule has 1 atom stereocenters. The third-order valence-electron chi connectivity index (χ3n) is 3.13. The fourth-order valence-electron chi connectivity index (χ4n) is 2.11. The molecule has 0 saturated carbocycles. The molecule has 5 nitrogen and oxygen atoms in total. The zero-order valence-corrected chi connectivity index (χ0v) is 11.0. The van der Waals surface area contributed by atoms with Crippen molar-refractivity contribution in [3.05, 3.63) is 29.8 Å². The van der Waals surface area contributed by atoms with Gasteiger partial charge in [-0.3, -0.25) is 9.59 Å². The fourth-order valence-corrected chi connectivity index (χ4v) is 2.11. The molecular weight excluding hydrogens is 242 g/mol. The van der Waals surface area contributed by atoms with Gasteiger partial charge in [0.25, 0.3) is 5.91 Å². The predicted octanol–water partition coefficient (Wildman–Crippen LogP) is 1.13. The summed E-state index contributed by atoms with van der Waals surface area (Å²) >= 11 is 0. The molecule has 0 unspecified atom stereocenters. The molecule has 19 heavy (non-hydrogen) atoms. The Hall–Kier alpha value is -1.88. The van der Waals surface area contributed by atoms with E-state index < -0.39 is 0 Å². The van der Waals surface area contributed by atoms with Crippen molar-refractivity contribution in [2.75, 3.05) is 18.4 Å². The van der Waals surface area contributed by atoms with Gasteiger partial charge in [0.1, 0.15) is 0 Å². The summed E-state index contributed by atoms with van der Waals surface area (Å²) in [4.78, 5) is 23.5. The van der Waals surface area contributed by atoms with Gasteiger partial charge in [-0.05, 0) is 50.6 Å². The van der Waals surface area contributed by atoms with Crippen molar-refractivity contribution < 1.29 is 9.59 Å². The van der Waals surface area contributed by atoms with Crippen molar-refractivity contribution in [1.29, 1.82) is 0 Å². The van der Waals surface area contributed by atoms with Gasteiger partial charge in [-0.2, -0.15) is 0 Å². The van der Waals surface area contributed by atoms with Crippen LogP contribution in [0.1, 0.15) is 30.1 Å². The molecule has 0 aromatic heterocycles. The molecule has 1 heterocycles. The van der Waals surface area contributed by atoms with Crippen LogP contribution in [0.2, 0.25) is 0 Å². The Morgan fingerprint density at radius 3 is 2.63 bits per heavy atom. The number of carbonyl (C=O) groups is 2. The quantitative estimate of drug-likeness (QED) is 0.761. The second-order valence-corrected chi connectivity index (χ2v) is 4.57. The molecule has 3 N–H and O–H groups in total. The monoisotopic (exact) mass is 261 g/mol. The summed E-state index contributed by atoms with van der Waals surface area (Å²) in [6.45, 7) is 3.37. The molecule has 2 amide bonds. The molecule has 2 rings (SSSR count). The Kier molecular flexibility index (Phi) is 4.52. The van der Waals surface area contributed by atoms with Gasteiger partial charge in [0.05, 0.1) is 6.04 Å². The first-order valence-electron chi connectivity index (χ1n) is 6.63. The summed E-state index contributed by atoms with van der Waals surface area (Å²) in [7, 11) is 0. The number of benzene rings is 1. The number of amides is 2. The lowest BCUT2D eigenvalue weighted by Crippen LogP contribution is -2.35. The third kappa shape index (κ3) is 3.54. The normalized spacial score (nSPS) is 18.1. The molecule has 1 saturated heterocycles. The first-order valence-corrected chi connectivity index (χ1v) is 6.63. The average Bonchev–Trinajstić information content (AvgIpc) is 2.94. The Morgan fingerprint density at radius 2 is 2.05 bits per heavy atom.